The molecule has 1 aliphatic heterocycles. The largest absolute Gasteiger partial charge is 0.335 e. The normalized spacial score (nSPS) is 19.2. The number of carbonyl (C=O) groups excluding carboxylic acids is 1. The summed E-state index contributed by atoms with van der Waals surface area (Å²) in [6.45, 7) is 7.76. The predicted octanol–water partition coefficient (Wildman–Crippen LogP) is 4.13. The number of hydrogen-bond donors (Lipinski definition) is 0. The highest BCUT2D eigenvalue weighted by atomic mass is 32.1. The van der Waals surface area contributed by atoms with Gasteiger partial charge in [0, 0.05) is 37.8 Å². The quantitative estimate of drug-likeness (QED) is 0.816. The van der Waals surface area contributed by atoms with Gasteiger partial charge in [0.25, 0.3) is 5.91 Å². The lowest BCUT2D eigenvalue weighted by atomic mass is 10.1. The average Bonchev–Trinajstić information content (AvgIpc) is 3.32. The number of amides is 1. The third kappa shape index (κ3) is 3.42. The molecule has 0 unspecified atom stereocenters. The fourth-order valence-corrected chi connectivity index (χ4v) is 5.35. The van der Waals surface area contributed by atoms with Crippen LogP contribution in [-0.2, 0) is 0 Å². The molecule has 1 aromatic carbocycles. The Labute approximate surface area is 159 Å². The van der Waals surface area contributed by atoms with Crippen LogP contribution >= 0.6 is 11.3 Å². The molecule has 2 aromatic rings. The smallest absolute Gasteiger partial charge is 0.265 e. The molecule has 2 heterocycles. The van der Waals surface area contributed by atoms with Crippen LogP contribution in [0.15, 0.2) is 24.3 Å². The first-order chi connectivity index (χ1) is 12.6. The van der Waals surface area contributed by atoms with E-state index in [0.717, 1.165) is 53.4 Å². The van der Waals surface area contributed by atoms with Gasteiger partial charge in [0.05, 0.1) is 5.69 Å². The molecular formula is C21H27N3OS. The average molecular weight is 370 g/mol. The van der Waals surface area contributed by atoms with Crippen LogP contribution in [0.4, 0.5) is 0 Å². The van der Waals surface area contributed by atoms with Crippen molar-refractivity contribution in [3.05, 3.63) is 40.4 Å². The first-order valence-electron chi connectivity index (χ1n) is 9.70. The topological polar surface area (TPSA) is 36.4 Å². The highest BCUT2D eigenvalue weighted by molar-refractivity contribution is 7.17. The molecule has 4 rings (SSSR count). The Kier molecular flexibility index (Phi) is 5.09. The van der Waals surface area contributed by atoms with E-state index in [1.54, 1.807) is 0 Å². The van der Waals surface area contributed by atoms with Crippen LogP contribution < -0.4 is 0 Å². The van der Waals surface area contributed by atoms with Gasteiger partial charge in [-0.3, -0.25) is 9.69 Å². The van der Waals surface area contributed by atoms with Crippen LogP contribution in [0.5, 0.6) is 0 Å². The Bertz CT molecular complexity index is 786. The summed E-state index contributed by atoms with van der Waals surface area (Å²) in [4.78, 5) is 23.2. The molecule has 138 valence electrons. The molecular weight excluding hydrogens is 342 g/mol. The molecule has 1 amide bonds. The van der Waals surface area contributed by atoms with Gasteiger partial charge in [-0.25, -0.2) is 4.98 Å². The molecule has 0 bridgehead atoms. The summed E-state index contributed by atoms with van der Waals surface area (Å²) in [5.74, 6) is 0.158. The molecule has 5 heteroatoms. The van der Waals surface area contributed by atoms with Gasteiger partial charge in [-0.05, 0) is 32.3 Å². The molecule has 0 N–H and O–H groups in total. The molecule has 2 aliphatic rings. The number of aryl methyl sites for hydroxylation is 2. The summed E-state index contributed by atoms with van der Waals surface area (Å²) in [6.07, 6.45) is 5.40. The number of thiazole rings is 1. The molecule has 4 nitrogen and oxygen atoms in total. The Morgan fingerprint density at radius 2 is 1.77 bits per heavy atom. The van der Waals surface area contributed by atoms with E-state index in [1.807, 2.05) is 24.0 Å². The van der Waals surface area contributed by atoms with Gasteiger partial charge in [-0.1, -0.05) is 37.1 Å². The second-order valence-corrected chi connectivity index (χ2v) is 8.51. The lowest BCUT2D eigenvalue weighted by Gasteiger charge is -2.37. The molecule has 1 aromatic heterocycles. The van der Waals surface area contributed by atoms with Crippen LogP contribution in [0, 0.1) is 13.8 Å². The summed E-state index contributed by atoms with van der Waals surface area (Å²) in [5, 5.41) is 0.952. The maximum absolute atomic E-state index is 13.1. The van der Waals surface area contributed by atoms with Crippen molar-refractivity contribution in [3.8, 4) is 10.6 Å². The van der Waals surface area contributed by atoms with Crippen molar-refractivity contribution in [3.63, 3.8) is 0 Å². The van der Waals surface area contributed by atoms with Crippen molar-refractivity contribution in [2.45, 2.75) is 45.6 Å². The number of aromatic nitrogens is 1. The predicted molar refractivity (Wildman–Crippen MR) is 107 cm³/mol. The van der Waals surface area contributed by atoms with Crippen LogP contribution in [0.1, 0.15) is 46.6 Å². The van der Waals surface area contributed by atoms with Crippen molar-refractivity contribution < 1.29 is 4.79 Å². The van der Waals surface area contributed by atoms with E-state index >= 15 is 0 Å². The van der Waals surface area contributed by atoms with Crippen LogP contribution in [-0.4, -0.2) is 52.9 Å². The van der Waals surface area contributed by atoms with Gasteiger partial charge in [0.1, 0.15) is 9.88 Å². The molecule has 0 radical (unpaired) electrons. The lowest BCUT2D eigenvalue weighted by Crippen LogP contribution is -2.51. The summed E-state index contributed by atoms with van der Waals surface area (Å²) < 4.78 is 0. The number of hydrogen-bond acceptors (Lipinski definition) is 4. The number of carbonyl (C=O) groups is 1. The van der Waals surface area contributed by atoms with E-state index in [4.69, 9.17) is 4.98 Å². The first kappa shape index (κ1) is 17.7. The highest BCUT2D eigenvalue weighted by Gasteiger charge is 2.29. The van der Waals surface area contributed by atoms with E-state index in [2.05, 4.69) is 24.0 Å². The Balaban J connectivity index is 1.46. The van der Waals surface area contributed by atoms with Crippen molar-refractivity contribution in [1.29, 1.82) is 0 Å². The fraction of sp³-hybridized carbons (Fsp3) is 0.524. The third-order valence-corrected chi connectivity index (χ3v) is 6.99. The second kappa shape index (κ2) is 7.49. The summed E-state index contributed by atoms with van der Waals surface area (Å²) in [5.41, 5.74) is 3.19. The number of benzene rings is 1. The summed E-state index contributed by atoms with van der Waals surface area (Å²) in [6, 6.07) is 9.00. The van der Waals surface area contributed by atoms with Gasteiger partial charge < -0.3 is 4.90 Å². The number of nitrogens with zero attached hydrogens (tertiary/aromatic N) is 3. The SMILES string of the molecule is Cc1ccccc1-c1nc(C)c(C(=O)N2CCN(C3CCCC3)CC2)s1. The van der Waals surface area contributed by atoms with E-state index in [9.17, 15) is 4.79 Å². The second-order valence-electron chi connectivity index (χ2n) is 7.51. The van der Waals surface area contributed by atoms with Gasteiger partial charge in [-0.15, -0.1) is 11.3 Å². The van der Waals surface area contributed by atoms with Gasteiger partial charge in [0.2, 0.25) is 0 Å². The third-order valence-electron chi connectivity index (χ3n) is 5.81. The molecule has 0 spiro atoms. The van der Waals surface area contributed by atoms with Crippen molar-refractivity contribution in [2.75, 3.05) is 26.2 Å². The zero-order valence-corrected chi connectivity index (χ0v) is 16.5. The van der Waals surface area contributed by atoms with E-state index < -0.39 is 0 Å². The summed E-state index contributed by atoms with van der Waals surface area (Å²) in [7, 11) is 0. The Morgan fingerprint density at radius 3 is 2.46 bits per heavy atom. The molecule has 0 atom stereocenters. The van der Waals surface area contributed by atoms with Crippen LogP contribution in [0.3, 0.4) is 0 Å². The minimum absolute atomic E-state index is 0.158. The van der Waals surface area contributed by atoms with Crippen LogP contribution in [0.25, 0.3) is 10.6 Å². The molecule has 1 saturated heterocycles. The van der Waals surface area contributed by atoms with Gasteiger partial charge >= 0.3 is 0 Å². The molecule has 1 saturated carbocycles. The van der Waals surface area contributed by atoms with E-state index in [1.165, 1.54) is 42.6 Å². The number of piperazine rings is 1. The van der Waals surface area contributed by atoms with Gasteiger partial charge in [-0.2, -0.15) is 0 Å². The van der Waals surface area contributed by atoms with Crippen LogP contribution in [0.2, 0.25) is 0 Å². The monoisotopic (exact) mass is 369 g/mol. The molecule has 2 fully saturated rings. The fourth-order valence-electron chi connectivity index (χ4n) is 4.23. The van der Waals surface area contributed by atoms with E-state index in [-0.39, 0.29) is 5.91 Å². The minimum Gasteiger partial charge on any atom is -0.335 e. The Morgan fingerprint density at radius 1 is 1.08 bits per heavy atom. The maximum Gasteiger partial charge on any atom is 0.265 e. The lowest BCUT2D eigenvalue weighted by molar-refractivity contribution is 0.0577. The highest BCUT2D eigenvalue weighted by Crippen LogP contribution is 2.31. The standard InChI is InChI=1S/C21H27N3OS/c1-15-7-3-6-10-18(15)20-22-16(2)19(26-20)21(25)24-13-11-23(12-14-24)17-8-4-5-9-17/h3,6-7,10,17H,4-5,8-9,11-14H2,1-2H3. The van der Waals surface area contributed by atoms with Gasteiger partial charge in [0.15, 0.2) is 0 Å². The zero-order chi connectivity index (χ0) is 18.1. The zero-order valence-electron chi connectivity index (χ0n) is 15.7. The maximum atomic E-state index is 13.1. The van der Waals surface area contributed by atoms with E-state index in [0.29, 0.717) is 0 Å². The van der Waals surface area contributed by atoms with Crippen molar-refractivity contribution in [2.24, 2.45) is 0 Å². The molecule has 26 heavy (non-hydrogen) atoms. The summed E-state index contributed by atoms with van der Waals surface area (Å²) >= 11 is 1.54. The first-order valence-corrected chi connectivity index (χ1v) is 10.5. The number of rotatable bonds is 3. The van der Waals surface area contributed by atoms with Crippen molar-refractivity contribution in [1.82, 2.24) is 14.8 Å². The van der Waals surface area contributed by atoms with Crippen molar-refractivity contribution >= 4 is 17.2 Å². The molecule has 1 aliphatic carbocycles. The minimum atomic E-state index is 0.158. The Hall–Kier alpha value is -1.72.